The van der Waals surface area contributed by atoms with E-state index in [1.165, 1.54) is 41.5 Å². The first-order valence-electron chi connectivity index (χ1n) is 12.3. The number of carbonyl (C=O) groups excluding carboxylic acids is 2. The zero-order valence-electron chi connectivity index (χ0n) is 21.4. The van der Waals surface area contributed by atoms with E-state index in [4.69, 9.17) is 21.1 Å². The number of fused-ring (bicyclic) bond motifs is 1. The molecule has 0 bridgehead atoms. The van der Waals surface area contributed by atoms with Crippen molar-refractivity contribution in [2.75, 3.05) is 18.2 Å². The molecule has 0 fully saturated rings. The number of carbonyl (C=O) groups is 2. The molecule has 8 nitrogen and oxygen atoms in total. The second kappa shape index (κ2) is 12.3. The van der Waals surface area contributed by atoms with Crippen LogP contribution in [0.15, 0.2) is 23.4 Å². The van der Waals surface area contributed by atoms with Crippen LogP contribution in [0.2, 0.25) is 5.02 Å². The van der Waals surface area contributed by atoms with Crippen LogP contribution in [0.4, 0.5) is 5.00 Å². The van der Waals surface area contributed by atoms with E-state index in [9.17, 15) is 9.59 Å². The van der Waals surface area contributed by atoms with Crippen LogP contribution in [0.3, 0.4) is 0 Å². The van der Waals surface area contributed by atoms with E-state index in [2.05, 4.69) is 15.5 Å². The first-order chi connectivity index (χ1) is 17.8. The summed E-state index contributed by atoms with van der Waals surface area (Å²) in [6.45, 7) is 3.83. The number of amides is 1. The monoisotopic (exact) mass is 562 g/mol. The van der Waals surface area contributed by atoms with E-state index in [0.29, 0.717) is 26.6 Å². The number of aryl methyl sites for hydroxylation is 2. The summed E-state index contributed by atoms with van der Waals surface area (Å²) in [6.07, 6.45) is 5.86. The Kier molecular flexibility index (Phi) is 9.15. The Balaban J connectivity index is 1.42. The van der Waals surface area contributed by atoms with Crippen LogP contribution in [-0.2, 0) is 29.4 Å². The third-order valence-corrected chi connectivity index (χ3v) is 8.78. The molecule has 1 aromatic carbocycles. The molecule has 1 aliphatic carbocycles. The van der Waals surface area contributed by atoms with Gasteiger partial charge >= 0.3 is 5.97 Å². The smallest absolute Gasteiger partial charge is 0.341 e. The molecule has 37 heavy (non-hydrogen) atoms. The molecule has 1 aliphatic rings. The van der Waals surface area contributed by atoms with Gasteiger partial charge in [0.15, 0.2) is 17.1 Å². The predicted octanol–water partition coefficient (Wildman–Crippen LogP) is 6.15. The fourth-order valence-corrected chi connectivity index (χ4v) is 6.65. The van der Waals surface area contributed by atoms with E-state index >= 15 is 0 Å². The highest BCUT2D eigenvalue weighted by molar-refractivity contribution is 7.99. The van der Waals surface area contributed by atoms with Crippen molar-refractivity contribution in [3.63, 3.8) is 0 Å². The number of aromatic nitrogens is 3. The molecule has 1 N–H and O–H groups in total. The molecule has 0 spiro atoms. The third kappa shape index (κ3) is 6.48. The van der Waals surface area contributed by atoms with Gasteiger partial charge in [0.05, 0.1) is 18.4 Å². The van der Waals surface area contributed by atoms with Crippen molar-refractivity contribution in [2.45, 2.75) is 63.6 Å². The number of methoxy groups -OCH3 is 1. The highest BCUT2D eigenvalue weighted by Gasteiger charge is 2.26. The summed E-state index contributed by atoms with van der Waals surface area (Å²) >= 11 is 8.81. The summed E-state index contributed by atoms with van der Waals surface area (Å²) in [5.74, 6) is 0.878. The normalized spacial score (nSPS) is 14.3. The standard InChI is InChI=1S/C26H31ClN4O4S2/c1-15-13-17(27)11-12-19(15)35-16(2)23-29-30-26(31(23)3)36-14-21(32)28-24-22(25(33)34-4)18-9-7-5-6-8-10-20(18)37-24/h11-13,16H,5-10,14H2,1-4H3,(H,28,32). The van der Waals surface area contributed by atoms with Crippen LogP contribution in [0.5, 0.6) is 5.75 Å². The molecule has 2 heterocycles. The Labute approximate surface area is 230 Å². The molecule has 0 saturated carbocycles. The molecule has 0 radical (unpaired) electrons. The minimum Gasteiger partial charge on any atom is -0.482 e. The zero-order chi connectivity index (χ0) is 26.5. The van der Waals surface area contributed by atoms with Gasteiger partial charge in [0.25, 0.3) is 0 Å². The number of halogens is 1. The second-order valence-corrected chi connectivity index (χ2v) is 11.5. The first-order valence-corrected chi connectivity index (χ1v) is 14.4. The minimum atomic E-state index is -0.399. The lowest BCUT2D eigenvalue weighted by molar-refractivity contribution is -0.113. The highest BCUT2D eigenvalue weighted by Crippen LogP contribution is 2.38. The van der Waals surface area contributed by atoms with Crippen molar-refractivity contribution in [1.29, 1.82) is 0 Å². The first kappa shape index (κ1) is 27.5. The van der Waals surface area contributed by atoms with Crippen LogP contribution < -0.4 is 10.1 Å². The number of anilines is 1. The van der Waals surface area contributed by atoms with Crippen molar-refractivity contribution < 1.29 is 19.1 Å². The number of benzene rings is 1. The summed E-state index contributed by atoms with van der Waals surface area (Å²) in [5, 5.41) is 13.3. The Morgan fingerprint density at radius 1 is 1.22 bits per heavy atom. The average molecular weight is 563 g/mol. The fraction of sp³-hybridized carbons (Fsp3) is 0.462. The van der Waals surface area contributed by atoms with Crippen LogP contribution in [0, 0.1) is 6.92 Å². The van der Waals surface area contributed by atoms with E-state index in [-0.39, 0.29) is 17.8 Å². The number of nitrogens with one attached hydrogen (secondary N) is 1. The van der Waals surface area contributed by atoms with Gasteiger partial charge in [0.1, 0.15) is 10.8 Å². The maximum Gasteiger partial charge on any atom is 0.341 e. The number of nitrogens with zero attached hydrogens (tertiary/aromatic N) is 3. The number of ether oxygens (including phenoxy) is 2. The lowest BCUT2D eigenvalue weighted by Gasteiger charge is -2.16. The van der Waals surface area contributed by atoms with E-state index in [1.807, 2.05) is 37.6 Å². The maximum atomic E-state index is 12.9. The molecule has 1 unspecified atom stereocenters. The van der Waals surface area contributed by atoms with Crippen LogP contribution in [-0.4, -0.2) is 39.5 Å². The van der Waals surface area contributed by atoms with Crippen molar-refractivity contribution in [3.05, 3.63) is 50.6 Å². The number of rotatable bonds is 8. The Hall–Kier alpha value is -2.56. The Bertz CT molecular complexity index is 1290. The molecule has 11 heteroatoms. The molecule has 0 aliphatic heterocycles. The summed E-state index contributed by atoms with van der Waals surface area (Å²) in [6, 6.07) is 5.46. The van der Waals surface area contributed by atoms with Gasteiger partial charge in [0, 0.05) is 16.9 Å². The SMILES string of the molecule is COC(=O)c1c(NC(=O)CSc2nnc(C(C)Oc3ccc(Cl)cc3C)n2C)sc2c1CCCCCC2. The molecule has 0 saturated heterocycles. The van der Waals surface area contributed by atoms with Crippen LogP contribution >= 0.6 is 34.7 Å². The fourth-order valence-electron chi connectivity index (χ4n) is 4.41. The van der Waals surface area contributed by atoms with E-state index in [1.54, 1.807) is 6.07 Å². The van der Waals surface area contributed by atoms with Gasteiger partial charge in [0.2, 0.25) is 5.91 Å². The molecular weight excluding hydrogens is 532 g/mol. The molecule has 198 valence electrons. The predicted molar refractivity (Wildman–Crippen MR) is 147 cm³/mol. The average Bonchev–Trinajstić information content (AvgIpc) is 3.38. The summed E-state index contributed by atoms with van der Waals surface area (Å²) in [4.78, 5) is 26.7. The Morgan fingerprint density at radius 3 is 2.70 bits per heavy atom. The summed E-state index contributed by atoms with van der Waals surface area (Å²) in [7, 11) is 3.22. The van der Waals surface area contributed by atoms with Crippen LogP contribution in [0.25, 0.3) is 0 Å². The lowest BCUT2D eigenvalue weighted by atomic mass is 9.96. The van der Waals surface area contributed by atoms with E-state index < -0.39 is 5.97 Å². The molecule has 4 rings (SSSR count). The quantitative estimate of drug-likeness (QED) is 0.260. The van der Waals surface area contributed by atoms with Gasteiger partial charge in [-0.15, -0.1) is 21.5 Å². The summed E-state index contributed by atoms with van der Waals surface area (Å²) < 4.78 is 13.0. The molecular formula is C26H31ClN4O4S2. The van der Waals surface area contributed by atoms with Gasteiger partial charge in [-0.1, -0.05) is 36.2 Å². The third-order valence-electron chi connectivity index (χ3n) is 6.32. The summed E-state index contributed by atoms with van der Waals surface area (Å²) in [5.41, 5.74) is 2.47. The molecule has 2 aromatic heterocycles. The lowest BCUT2D eigenvalue weighted by Crippen LogP contribution is -2.17. The van der Waals surface area contributed by atoms with Crippen molar-refractivity contribution in [2.24, 2.45) is 7.05 Å². The van der Waals surface area contributed by atoms with Gasteiger partial charge < -0.3 is 19.4 Å². The van der Waals surface area contributed by atoms with Gasteiger partial charge in [-0.2, -0.15) is 0 Å². The molecule has 1 amide bonds. The molecule has 3 aromatic rings. The largest absolute Gasteiger partial charge is 0.482 e. The van der Waals surface area contributed by atoms with Gasteiger partial charge in [-0.25, -0.2) is 4.79 Å². The Morgan fingerprint density at radius 2 is 1.97 bits per heavy atom. The topological polar surface area (TPSA) is 95.3 Å². The van der Waals surface area contributed by atoms with Crippen molar-refractivity contribution in [3.8, 4) is 5.75 Å². The van der Waals surface area contributed by atoms with Crippen molar-refractivity contribution in [1.82, 2.24) is 14.8 Å². The number of hydrogen-bond acceptors (Lipinski definition) is 8. The van der Waals surface area contributed by atoms with E-state index in [0.717, 1.165) is 49.0 Å². The number of thioether (sulfide) groups is 1. The molecule has 1 atom stereocenters. The van der Waals surface area contributed by atoms with Crippen LogP contribution in [0.1, 0.15) is 70.9 Å². The highest BCUT2D eigenvalue weighted by atomic mass is 35.5. The number of esters is 1. The van der Waals surface area contributed by atoms with Gasteiger partial charge in [-0.3, -0.25) is 4.79 Å². The second-order valence-electron chi connectivity index (χ2n) is 9.02. The van der Waals surface area contributed by atoms with Gasteiger partial charge in [-0.05, 0) is 68.9 Å². The minimum absolute atomic E-state index is 0.126. The number of thiophene rings is 1. The number of hydrogen-bond donors (Lipinski definition) is 1. The van der Waals surface area contributed by atoms with Crippen molar-refractivity contribution >= 4 is 51.6 Å². The maximum absolute atomic E-state index is 12.9. The zero-order valence-corrected chi connectivity index (χ0v) is 23.8.